The Balaban J connectivity index is 2.64. The Labute approximate surface area is 101 Å². The summed E-state index contributed by atoms with van der Waals surface area (Å²) in [6.07, 6.45) is 2.33. The van der Waals surface area contributed by atoms with Crippen LogP contribution in [-0.2, 0) is 0 Å². The first-order chi connectivity index (χ1) is 6.77. The van der Waals surface area contributed by atoms with Gasteiger partial charge in [0.15, 0.2) is 0 Å². The predicted molar refractivity (Wildman–Crippen MR) is 70.5 cm³/mol. The van der Waals surface area contributed by atoms with Gasteiger partial charge in [0.25, 0.3) is 4.06 Å². The predicted octanol–water partition coefficient (Wildman–Crippen LogP) is 4.17. The van der Waals surface area contributed by atoms with E-state index in [2.05, 4.69) is 13.8 Å². The highest BCUT2D eigenvalue weighted by Gasteiger charge is 2.08. The summed E-state index contributed by atoms with van der Waals surface area (Å²) in [7, 11) is 0. The average molecular weight is 266 g/mol. The Morgan fingerprint density at radius 1 is 1.00 bits per heavy atom. The second kappa shape index (κ2) is 6.93. The second-order valence-electron chi connectivity index (χ2n) is 2.73. The lowest BCUT2D eigenvalue weighted by atomic mass is 10.6. The van der Waals surface area contributed by atoms with Crippen LogP contribution in [0.1, 0.15) is 26.7 Å². The Morgan fingerprint density at radius 3 is 1.79 bits per heavy atom. The fourth-order valence-corrected chi connectivity index (χ4v) is 5.92. The summed E-state index contributed by atoms with van der Waals surface area (Å²) in [5.41, 5.74) is 0. The first-order valence-corrected chi connectivity index (χ1v) is 8.27. The average Bonchev–Trinajstić information content (AvgIpc) is 2.52. The van der Waals surface area contributed by atoms with E-state index in [9.17, 15) is 4.79 Å². The van der Waals surface area contributed by atoms with Crippen LogP contribution in [0.5, 0.6) is 0 Å². The van der Waals surface area contributed by atoms with Crippen LogP contribution in [0.25, 0.3) is 0 Å². The van der Waals surface area contributed by atoms with Gasteiger partial charge in [-0.2, -0.15) is 0 Å². The van der Waals surface area contributed by atoms with E-state index >= 15 is 0 Å². The van der Waals surface area contributed by atoms with Gasteiger partial charge in [-0.3, -0.25) is 4.79 Å². The summed E-state index contributed by atoms with van der Waals surface area (Å²) in [5, 5.41) is 0. The molecule has 0 bridgehead atoms. The molecule has 1 aromatic heterocycles. The third-order valence-electron chi connectivity index (χ3n) is 1.39. The van der Waals surface area contributed by atoms with E-state index in [0.29, 0.717) is 0 Å². The second-order valence-corrected chi connectivity index (χ2v) is 7.68. The minimum atomic E-state index is 0.238. The topological polar surface area (TPSA) is 17.1 Å². The molecule has 0 aliphatic heterocycles. The molecule has 0 radical (unpaired) electrons. The molecule has 1 heterocycles. The zero-order chi connectivity index (χ0) is 10.4. The lowest BCUT2D eigenvalue weighted by Gasteiger charge is -1.99. The van der Waals surface area contributed by atoms with Crippen LogP contribution in [0.15, 0.2) is 13.2 Å². The van der Waals surface area contributed by atoms with Gasteiger partial charge in [-0.1, -0.05) is 36.5 Å². The molecule has 14 heavy (non-hydrogen) atoms. The van der Waals surface area contributed by atoms with Gasteiger partial charge in [0.05, 0.1) is 8.42 Å². The molecule has 0 aliphatic rings. The molecular weight excluding hydrogens is 252 g/mol. The zero-order valence-corrected chi connectivity index (χ0v) is 11.6. The van der Waals surface area contributed by atoms with Crippen molar-refractivity contribution in [1.29, 1.82) is 0 Å². The summed E-state index contributed by atoms with van der Waals surface area (Å²) >= 11 is 6.47. The fraction of sp³-hybridized carbons (Fsp3) is 0.667. The summed E-state index contributed by atoms with van der Waals surface area (Å²) in [6.45, 7) is 4.34. The molecule has 0 saturated carbocycles. The van der Waals surface area contributed by atoms with Crippen molar-refractivity contribution in [3.63, 3.8) is 0 Å². The number of thioether (sulfide) groups is 2. The van der Waals surface area contributed by atoms with Crippen LogP contribution in [0, 0.1) is 0 Å². The molecule has 0 saturated heterocycles. The van der Waals surface area contributed by atoms with Crippen LogP contribution in [-0.4, -0.2) is 11.5 Å². The minimum absolute atomic E-state index is 0.238. The van der Waals surface area contributed by atoms with Crippen molar-refractivity contribution < 1.29 is 0 Å². The lowest BCUT2D eigenvalue weighted by Crippen LogP contribution is -1.75. The van der Waals surface area contributed by atoms with Crippen LogP contribution < -0.4 is 4.06 Å². The first-order valence-electron chi connectivity index (χ1n) is 4.67. The van der Waals surface area contributed by atoms with Gasteiger partial charge in [0, 0.05) is 0 Å². The van der Waals surface area contributed by atoms with E-state index in [0.717, 1.165) is 11.5 Å². The molecule has 1 nitrogen and oxygen atoms in total. The molecule has 1 aromatic rings. The molecule has 0 fully saturated rings. The first kappa shape index (κ1) is 12.6. The highest BCUT2D eigenvalue weighted by atomic mass is 32.2. The molecule has 0 unspecified atom stereocenters. The van der Waals surface area contributed by atoms with Crippen molar-refractivity contribution in [1.82, 2.24) is 0 Å². The van der Waals surface area contributed by atoms with Crippen LogP contribution in [0.2, 0.25) is 0 Å². The number of hydrogen-bond donors (Lipinski definition) is 0. The largest absolute Gasteiger partial charge is 0.289 e. The maximum absolute atomic E-state index is 11.2. The minimum Gasteiger partial charge on any atom is -0.265 e. The Bertz CT molecular complexity index is 286. The van der Waals surface area contributed by atoms with E-state index in [1.165, 1.54) is 43.9 Å². The fourth-order valence-electron chi connectivity index (χ4n) is 0.822. The van der Waals surface area contributed by atoms with Crippen molar-refractivity contribution in [2.45, 2.75) is 35.1 Å². The Hall–Kier alpha value is 0.550. The van der Waals surface area contributed by atoms with E-state index < -0.39 is 0 Å². The Morgan fingerprint density at radius 2 is 1.43 bits per heavy atom. The lowest BCUT2D eigenvalue weighted by molar-refractivity contribution is 1.10. The third-order valence-corrected chi connectivity index (χ3v) is 6.89. The van der Waals surface area contributed by atoms with Crippen LogP contribution >= 0.6 is 46.2 Å². The molecule has 5 heteroatoms. The van der Waals surface area contributed by atoms with Gasteiger partial charge in [-0.15, -0.1) is 23.5 Å². The highest BCUT2D eigenvalue weighted by molar-refractivity contribution is 8.04. The normalized spacial score (nSPS) is 10.7. The third kappa shape index (κ3) is 3.96. The molecule has 0 aromatic carbocycles. The summed E-state index contributed by atoms with van der Waals surface area (Å²) in [4.78, 5) is 11.2. The number of rotatable bonds is 6. The molecule has 0 atom stereocenters. The zero-order valence-electron chi connectivity index (χ0n) is 8.37. The summed E-state index contributed by atoms with van der Waals surface area (Å²) in [6, 6.07) is 0. The van der Waals surface area contributed by atoms with Crippen molar-refractivity contribution in [2.24, 2.45) is 0 Å². The smallest absolute Gasteiger partial charge is 0.265 e. The quantitative estimate of drug-likeness (QED) is 0.719. The van der Waals surface area contributed by atoms with E-state index in [-0.39, 0.29) is 4.06 Å². The van der Waals surface area contributed by atoms with Crippen LogP contribution in [0.4, 0.5) is 0 Å². The molecular formula is C9H14OS4. The highest BCUT2D eigenvalue weighted by Crippen LogP contribution is 2.36. The van der Waals surface area contributed by atoms with Gasteiger partial charge >= 0.3 is 0 Å². The van der Waals surface area contributed by atoms with E-state index in [1.807, 2.05) is 23.5 Å². The van der Waals surface area contributed by atoms with Gasteiger partial charge in [0.2, 0.25) is 0 Å². The SMILES string of the molecule is CCCSc1sc(=O)sc1SCCC. The van der Waals surface area contributed by atoms with Gasteiger partial charge in [-0.25, -0.2) is 0 Å². The van der Waals surface area contributed by atoms with Gasteiger partial charge in [0.1, 0.15) is 0 Å². The van der Waals surface area contributed by atoms with E-state index in [4.69, 9.17) is 0 Å². The standard InChI is InChI=1S/C9H14OS4/c1-3-5-11-7-8(12-6-4-2)14-9(10)13-7/h3-6H2,1-2H3. The van der Waals surface area contributed by atoms with Crippen molar-refractivity contribution >= 4 is 46.2 Å². The van der Waals surface area contributed by atoms with Crippen molar-refractivity contribution in [2.75, 3.05) is 11.5 Å². The molecule has 0 spiro atoms. The van der Waals surface area contributed by atoms with Crippen LogP contribution in [0.3, 0.4) is 0 Å². The molecule has 80 valence electrons. The summed E-state index contributed by atoms with van der Waals surface area (Å²) < 4.78 is 2.71. The molecule has 0 aliphatic carbocycles. The van der Waals surface area contributed by atoms with Crippen molar-refractivity contribution in [3.8, 4) is 0 Å². The maximum Gasteiger partial charge on any atom is 0.289 e. The summed E-state index contributed by atoms with van der Waals surface area (Å²) in [5.74, 6) is 2.23. The van der Waals surface area contributed by atoms with Gasteiger partial charge < -0.3 is 0 Å². The van der Waals surface area contributed by atoms with Crippen molar-refractivity contribution in [3.05, 3.63) is 8.85 Å². The van der Waals surface area contributed by atoms with Gasteiger partial charge in [-0.05, 0) is 24.3 Å². The number of hydrogen-bond acceptors (Lipinski definition) is 5. The molecule has 0 amide bonds. The monoisotopic (exact) mass is 266 g/mol. The van der Waals surface area contributed by atoms with E-state index in [1.54, 1.807) is 0 Å². The Kier molecular flexibility index (Phi) is 6.25. The molecule has 0 N–H and O–H groups in total. The molecule has 1 rings (SSSR count). The maximum atomic E-state index is 11.2.